The van der Waals surface area contributed by atoms with E-state index in [9.17, 15) is 4.39 Å². The SMILES string of the molecule is CCCc1ccc(C(Cl)c2cc(F)cc(Br)c2)cc1. The fraction of sp³-hybridized carbons (Fsp3) is 0.250. The molecule has 0 saturated heterocycles. The van der Waals surface area contributed by atoms with Crippen molar-refractivity contribution < 1.29 is 4.39 Å². The third-order valence-corrected chi connectivity index (χ3v) is 3.95. The third-order valence-electron chi connectivity index (χ3n) is 2.99. The van der Waals surface area contributed by atoms with Crippen LogP contribution in [0.15, 0.2) is 46.9 Å². The van der Waals surface area contributed by atoms with Crippen molar-refractivity contribution in [2.75, 3.05) is 0 Å². The van der Waals surface area contributed by atoms with E-state index in [1.54, 1.807) is 0 Å². The second-order valence-corrected chi connectivity index (χ2v) is 5.91. The van der Waals surface area contributed by atoms with Crippen molar-refractivity contribution in [3.8, 4) is 0 Å². The molecule has 2 aromatic carbocycles. The maximum atomic E-state index is 13.4. The summed E-state index contributed by atoms with van der Waals surface area (Å²) in [6, 6.07) is 13.0. The zero-order valence-electron chi connectivity index (χ0n) is 10.7. The van der Waals surface area contributed by atoms with Gasteiger partial charge in [0.1, 0.15) is 5.82 Å². The molecule has 0 heterocycles. The van der Waals surface area contributed by atoms with Gasteiger partial charge in [-0.15, -0.1) is 11.6 Å². The summed E-state index contributed by atoms with van der Waals surface area (Å²) in [6.45, 7) is 2.16. The van der Waals surface area contributed by atoms with E-state index in [4.69, 9.17) is 11.6 Å². The molecule has 0 aliphatic rings. The Kier molecular flexibility index (Phi) is 5.00. The van der Waals surface area contributed by atoms with Gasteiger partial charge < -0.3 is 0 Å². The lowest BCUT2D eigenvalue weighted by atomic mass is 10.0. The van der Waals surface area contributed by atoms with E-state index >= 15 is 0 Å². The molecule has 0 nitrogen and oxygen atoms in total. The first-order valence-corrected chi connectivity index (χ1v) is 7.52. The van der Waals surface area contributed by atoms with E-state index in [1.165, 1.54) is 17.7 Å². The first-order valence-electron chi connectivity index (χ1n) is 6.29. The van der Waals surface area contributed by atoms with E-state index in [1.807, 2.05) is 18.2 Å². The summed E-state index contributed by atoms with van der Waals surface area (Å²) in [5.41, 5.74) is 3.05. The van der Waals surface area contributed by atoms with Crippen LogP contribution in [0.3, 0.4) is 0 Å². The van der Waals surface area contributed by atoms with Crippen LogP contribution < -0.4 is 0 Å². The Hall–Kier alpha value is -0.860. The van der Waals surface area contributed by atoms with E-state index in [0.29, 0.717) is 4.47 Å². The van der Waals surface area contributed by atoms with Crippen molar-refractivity contribution in [2.45, 2.75) is 25.1 Å². The summed E-state index contributed by atoms with van der Waals surface area (Å²) in [6.07, 6.45) is 2.19. The maximum Gasteiger partial charge on any atom is 0.124 e. The quantitative estimate of drug-likeness (QED) is 0.610. The van der Waals surface area contributed by atoms with Gasteiger partial charge in [-0.1, -0.05) is 53.5 Å². The molecule has 19 heavy (non-hydrogen) atoms. The van der Waals surface area contributed by atoms with Gasteiger partial charge in [0.05, 0.1) is 5.38 Å². The topological polar surface area (TPSA) is 0 Å². The molecule has 0 fully saturated rings. The van der Waals surface area contributed by atoms with Crippen LogP contribution in [0.2, 0.25) is 0 Å². The molecule has 0 bridgehead atoms. The van der Waals surface area contributed by atoms with Gasteiger partial charge in [-0.25, -0.2) is 4.39 Å². The molecule has 2 rings (SSSR count). The Morgan fingerprint density at radius 1 is 1.11 bits per heavy atom. The number of rotatable bonds is 4. The number of alkyl halides is 1. The minimum atomic E-state index is -0.331. The summed E-state index contributed by atoms with van der Waals surface area (Å²) >= 11 is 9.70. The minimum absolute atomic E-state index is 0.280. The highest BCUT2D eigenvalue weighted by Gasteiger charge is 2.12. The van der Waals surface area contributed by atoms with Crippen LogP contribution in [-0.2, 0) is 6.42 Å². The second-order valence-electron chi connectivity index (χ2n) is 4.56. The Bertz CT molecular complexity index is 531. The molecule has 0 amide bonds. The summed E-state index contributed by atoms with van der Waals surface area (Å²) in [7, 11) is 0. The molecule has 2 aromatic rings. The standard InChI is InChI=1S/C16H15BrClF/c1-2-3-11-4-6-12(7-5-11)16(18)13-8-14(17)10-15(19)9-13/h4-10,16H,2-3H2,1H3. The molecule has 100 valence electrons. The van der Waals surface area contributed by atoms with Crippen molar-refractivity contribution in [1.29, 1.82) is 0 Å². The van der Waals surface area contributed by atoms with Gasteiger partial charge >= 0.3 is 0 Å². The summed E-state index contributed by atoms with van der Waals surface area (Å²) in [4.78, 5) is 0. The zero-order valence-corrected chi connectivity index (χ0v) is 13.0. The Balaban J connectivity index is 2.25. The molecule has 1 atom stereocenters. The zero-order chi connectivity index (χ0) is 13.8. The Morgan fingerprint density at radius 3 is 2.37 bits per heavy atom. The molecule has 0 spiro atoms. The van der Waals surface area contributed by atoms with Gasteiger partial charge in [0.25, 0.3) is 0 Å². The van der Waals surface area contributed by atoms with Crippen molar-refractivity contribution >= 4 is 27.5 Å². The van der Waals surface area contributed by atoms with Gasteiger partial charge in [0.2, 0.25) is 0 Å². The molecule has 0 aliphatic heterocycles. The molecule has 1 unspecified atom stereocenters. The number of benzene rings is 2. The van der Waals surface area contributed by atoms with Crippen molar-refractivity contribution in [3.05, 3.63) is 69.4 Å². The van der Waals surface area contributed by atoms with Crippen LogP contribution in [0.5, 0.6) is 0 Å². The number of hydrogen-bond donors (Lipinski definition) is 0. The highest BCUT2D eigenvalue weighted by molar-refractivity contribution is 9.10. The Morgan fingerprint density at radius 2 is 1.79 bits per heavy atom. The maximum absolute atomic E-state index is 13.4. The average molecular weight is 342 g/mol. The molecule has 0 aromatic heterocycles. The fourth-order valence-electron chi connectivity index (χ4n) is 2.06. The molecule has 0 N–H and O–H groups in total. The normalized spacial score (nSPS) is 12.4. The molecule has 0 saturated carbocycles. The Labute approximate surface area is 126 Å². The lowest BCUT2D eigenvalue weighted by Gasteiger charge is -2.12. The van der Waals surface area contributed by atoms with E-state index in [0.717, 1.165) is 24.0 Å². The van der Waals surface area contributed by atoms with Gasteiger partial charge in [0, 0.05) is 4.47 Å². The van der Waals surface area contributed by atoms with E-state index < -0.39 is 0 Å². The largest absolute Gasteiger partial charge is 0.207 e. The van der Waals surface area contributed by atoms with Crippen LogP contribution in [0.25, 0.3) is 0 Å². The van der Waals surface area contributed by atoms with Gasteiger partial charge in [-0.2, -0.15) is 0 Å². The van der Waals surface area contributed by atoms with Crippen molar-refractivity contribution in [3.63, 3.8) is 0 Å². The molecule has 0 aliphatic carbocycles. The van der Waals surface area contributed by atoms with E-state index in [-0.39, 0.29) is 11.2 Å². The lowest BCUT2D eigenvalue weighted by Crippen LogP contribution is -1.95. The molecule has 3 heteroatoms. The number of aryl methyl sites for hydroxylation is 1. The van der Waals surface area contributed by atoms with E-state index in [2.05, 4.69) is 35.0 Å². The molecule has 0 radical (unpaired) electrons. The third kappa shape index (κ3) is 3.80. The monoisotopic (exact) mass is 340 g/mol. The minimum Gasteiger partial charge on any atom is -0.207 e. The summed E-state index contributed by atoms with van der Waals surface area (Å²) in [5, 5.41) is -0.331. The van der Waals surface area contributed by atoms with Crippen LogP contribution in [-0.4, -0.2) is 0 Å². The first kappa shape index (κ1) is 14.5. The highest BCUT2D eigenvalue weighted by atomic mass is 79.9. The summed E-state index contributed by atoms with van der Waals surface area (Å²) < 4.78 is 14.1. The molecular weight excluding hydrogens is 327 g/mol. The second kappa shape index (κ2) is 6.53. The smallest absolute Gasteiger partial charge is 0.124 e. The van der Waals surface area contributed by atoms with Crippen molar-refractivity contribution in [2.24, 2.45) is 0 Å². The summed E-state index contributed by atoms with van der Waals surface area (Å²) in [5.74, 6) is -0.280. The number of hydrogen-bond acceptors (Lipinski definition) is 0. The predicted molar refractivity (Wildman–Crippen MR) is 82.2 cm³/mol. The molecular formula is C16H15BrClF. The van der Waals surface area contributed by atoms with Gasteiger partial charge in [-0.05, 0) is 41.3 Å². The highest BCUT2D eigenvalue weighted by Crippen LogP contribution is 2.31. The van der Waals surface area contributed by atoms with Gasteiger partial charge in [0.15, 0.2) is 0 Å². The average Bonchev–Trinajstić information content (AvgIpc) is 2.38. The van der Waals surface area contributed by atoms with Crippen LogP contribution in [0, 0.1) is 5.82 Å². The fourth-order valence-corrected chi connectivity index (χ4v) is 2.81. The van der Waals surface area contributed by atoms with Crippen molar-refractivity contribution in [1.82, 2.24) is 0 Å². The lowest BCUT2D eigenvalue weighted by molar-refractivity contribution is 0.625. The number of halogens is 3. The predicted octanol–water partition coefficient (Wildman–Crippen LogP) is 5.87. The van der Waals surface area contributed by atoms with Crippen LogP contribution >= 0.6 is 27.5 Å². The first-order chi connectivity index (χ1) is 9.10. The van der Waals surface area contributed by atoms with Crippen LogP contribution in [0.4, 0.5) is 4.39 Å². The van der Waals surface area contributed by atoms with Crippen LogP contribution in [0.1, 0.15) is 35.4 Å². The van der Waals surface area contributed by atoms with Gasteiger partial charge in [-0.3, -0.25) is 0 Å².